The summed E-state index contributed by atoms with van der Waals surface area (Å²) in [6.45, 7) is 0. The average Bonchev–Trinajstić information content (AvgIpc) is 4.01. The van der Waals surface area contributed by atoms with Crippen LogP contribution in [0.4, 0.5) is 0 Å². The first kappa shape index (κ1) is 33.6. The van der Waals surface area contributed by atoms with Crippen LogP contribution in [0.2, 0.25) is 0 Å². The van der Waals surface area contributed by atoms with E-state index in [9.17, 15) is 0 Å². The van der Waals surface area contributed by atoms with E-state index in [1.165, 1.54) is 10.8 Å². The van der Waals surface area contributed by atoms with Gasteiger partial charge in [0.2, 0.25) is 0 Å². The van der Waals surface area contributed by atoms with Crippen LogP contribution in [0.3, 0.4) is 0 Å². The molecule has 0 amide bonds. The average molecular weight is 781 g/mol. The van der Waals surface area contributed by atoms with Crippen LogP contribution in [0.1, 0.15) is 0 Å². The van der Waals surface area contributed by atoms with Gasteiger partial charge in [-0.05, 0) is 70.4 Å². The lowest BCUT2D eigenvalue weighted by atomic mass is 9.96. The number of nitrogens with zero attached hydrogens (tertiary/aromatic N) is 4. The van der Waals surface area contributed by atoms with E-state index in [0.29, 0.717) is 17.5 Å². The van der Waals surface area contributed by atoms with E-state index in [1.807, 2.05) is 48.5 Å². The van der Waals surface area contributed by atoms with Gasteiger partial charge in [0.05, 0.1) is 16.7 Å². The summed E-state index contributed by atoms with van der Waals surface area (Å²) in [5.41, 5.74) is 11.3. The first-order chi connectivity index (χ1) is 30.2. The largest absolute Gasteiger partial charge is 0.456 e. The van der Waals surface area contributed by atoms with E-state index in [-0.39, 0.29) is 0 Å². The van der Waals surface area contributed by atoms with Gasteiger partial charge in [-0.3, -0.25) is 0 Å². The molecule has 0 N–H and O–H groups in total. The number of para-hydroxylation sites is 3. The molecule has 9 aromatic carbocycles. The van der Waals surface area contributed by atoms with Gasteiger partial charge in [0.25, 0.3) is 0 Å². The molecular formula is C55H32N4O2. The lowest BCUT2D eigenvalue weighted by Crippen LogP contribution is -2.00. The molecule has 4 aromatic heterocycles. The van der Waals surface area contributed by atoms with Crippen molar-refractivity contribution in [3.63, 3.8) is 0 Å². The fraction of sp³-hybridized carbons (Fsp3) is 0. The summed E-state index contributed by atoms with van der Waals surface area (Å²) in [7, 11) is 0. The van der Waals surface area contributed by atoms with Crippen molar-refractivity contribution >= 4 is 76.5 Å². The Morgan fingerprint density at radius 3 is 1.80 bits per heavy atom. The molecule has 61 heavy (non-hydrogen) atoms. The van der Waals surface area contributed by atoms with E-state index >= 15 is 0 Å². The third-order valence-electron chi connectivity index (χ3n) is 12.0. The van der Waals surface area contributed by atoms with Crippen LogP contribution in [-0.2, 0) is 0 Å². The highest BCUT2D eigenvalue weighted by Crippen LogP contribution is 2.44. The van der Waals surface area contributed by atoms with Crippen molar-refractivity contribution in [2.24, 2.45) is 0 Å². The molecule has 0 aliphatic heterocycles. The van der Waals surface area contributed by atoms with Crippen LogP contribution in [0, 0.1) is 0 Å². The maximum Gasteiger partial charge on any atom is 0.164 e. The highest BCUT2D eigenvalue weighted by atomic mass is 16.3. The van der Waals surface area contributed by atoms with Gasteiger partial charge in [-0.1, -0.05) is 146 Å². The van der Waals surface area contributed by atoms with Crippen LogP contribution in [0.15, 0.2) is 203 Å². The molecule has 0 fully saturated rings. The highest BCUT2D eigenvalue weighted by molar-refractivity contribution is 6.18. The van der Waals surface area contributed by atoms with Gasteiger partial charge >= 0.3 is 0 Å². The normalized spacial score (nSPS) is 11.9. The van der Waals surface area contributed by atoms with Crippen LogP contribution in [0.25, 0.3) is 127 Å². The maximum absolute atomic E-state index is 6.84. The molecule has 0 spiro atoms. The van der Waals surface area contributed by atoms with Crippen molar-refractivity contribution in [3.05, 3.63) is 194 Å². The Balaban J connectivity index is 1.03. The smallest absolute Gasteiger partial charge is 0.164 e. The van der Waals surface area contributed by atoms with Gasteiger partial charge < -0.3 is 13.4 Å². The Morgan fingerprint density at radius 2 is 0.984 bits per heavy atom. The van der Waals surface area contributed by atoms with Crippen LogP contribution in [0.5, 0.6) is 0 Å². The van der Waals surface area contributed by atoms with Crippen LogP contribution in [-0.4, -0.2) is 19.5 Å². The molecular weight excluding hydrogens is 749 g/mol. The Hall–Kier alpha value is -8.35. The molecule has 0 unspecified atom stereocenters. The van der Waals surface area contributed by atoms with Crippen molar-refractivity contribution in [1.29, 1.82) is 0 Å². The molecule has 0 bridgehead atoms. The van der Waals surface area contributed by atoms with Crippen molar-refractivity contribution < 1.29 is 8.83 Å². The molecule has 0 radical (unpaired) electrons. The predicted octanol–water partition coefficient (Wildman–Crippen LogP) is 14.6. The summed E-state index contributed by atoms with van der Waals surface area (Å²) in [5, 5.41) is 8.75. The fourth-order valence-corrected chi connectivity index (χ4v) is 9.26. The SMILES string of the molecule is c1ccc(-c2nc(-c3ccc4ccccc4c3)nc(-c3cccc4oc5ccc(-c6ccc(-n7c8ccccc8c8ccccc87)c7oc8ccccc8c67)cc5c34)n2)cc1. The zero-order valence-corrected chi connectivity index (χ0v) is 32.6. The lowest BCUT2D eigenvalue weighted by Gasteiger charge is -2.12. The van der Waals surface area contributed by atoms with Crippen molar-refractivity contribution in [2.75, 3.05) is 0 Å². The van der Waals surface area contributed by atoms with Crippen molar-refractivity contribution in [3.8, 4) is 51.0 Å². The molecule has 0 saturated heterocycles. The first-order valence-corrected chi connectivity index (χ1v) is 20.4. The maximum atomic E-state index is 6.84. The van der Waals surface area contributed by atoms with Gasteiger partial charge in [0, 0.05) is 49.0 Å². The molecule has 13 aromatic rings. The topological polar surface area (TPSA) is 69.9 Å². The van der Waals surface area contributed by atoms with E-state index in [2.05, 4.69) is 150 Å². The van der Waals surface area contributed by atoms with Gasteiger partial charge in [0.1, 0.15) is 16.7 Å². The number of rotatable bonds is 5. The summed E-state index contributed by atoms with van der Waals surface area (Å²) >= 11 is 0. The Kier molecular flexibility index (Phi) is 7.21. The van der Waals surface area contributed by atoms with Crippen molar-refractivity contribution in [1.82, 2.24) is 19.5 Å². The lowest BCUT2D eigenvalue weighted by molar-refractivity contribution is 0.666. The Morgan fingerprint density at radius 1 is 0.344 bits per heavy atom. The van der Waals surface area contributed by atoms with E-state index in [1.54, 1.807) is 0 Å². The quantitative estimate of drug-likeness (QED) is 0.174. The van der Waals surface area contributed by atoms with Gasteiger partial charge in [-0.25, -0.2) is 15.0 Å². The van der Waals surface area contributed by atoms with Gasteiger partial charge in [0.15, 0.2) is 23.1 Å². The molecule has 0 atom stereocenters. The number of furan rings is 2. The third-order valence-corrected chi connectivity index (χ3v) is 12.0. The van der Waals surface area contributed by atoms with Crippen molar-refractivity contribution in [2.45, 2.75) is 0 Å². The highest BCUT2D eigenvalue weighted by Gasteiger charge is 2.23. The van der Waals surface area contributed by atoms with Gasteiger partial charge in [-0.15, -0.1) is 0 Å². The van der Waals surface area contributed by atoms with E-state index in [4.69, 9.17) is 23.8 Å². The molecule has 0 aliphatic carbocycles. The minimum absolute atomic E-state index is 0.578. The number of fused-ring (bicyclic) bond motifs is 10. The number of benzene rings is 9. The minimum atomic E-state index is 0.578. The predicted molar refractivity (Wildman–Crippen MR) is 248 cm³/mol. The number of hydrogen-bond acceptors (Lipinski definition) is 5. The fourth-order valence-electron chi connectivity index (χ4n) is 9.26. The summed E-state index contributed by atoms with van der Waals surface area (Å²) in [5.74, 6) is 1.80. The summed E-state index contributed by atoms with van der Waals surface area (Å²) < 4.78 is 15.8. The molecule has 6 nitrogen and oxygen atoms in total. The second kappa shape index (κ2) is 13.1. The molecule has 6 heteroatoms. The first-order valence-electron chi connectivity index (χ1n) is 20.4. The summed E-state index contributed by atoms with van der Waals surface area (Å²) in [6.07, 6.45) is 0. The van der Waals surface area contributed by atoms with E-state index < -0.39 is 0 Å². The zero-order chi connectivity index (χ0) is 40.0. The molecule has 284 valence electrons. The zero-order valence-electron chi connectivity index (χ0n) is 32.6. The standard InChI is InChI=1S/C55H32N4O2/c1-2-14-34(15-3-1)53-56-54(37-26-25-33-13-4-5-16-35(33)31-37)58-55(57-53)42-20-12-24-49-50(42)43-32-36(27-30-48(43)60-49)38-28-29-46(52-51(38)41-19-8-11-23-47(41)61-52)59-44-21-9-6-17-39(44)40-18-7-10-22-45(40)59/h1-32H. The van der Waals surface area contributed by atoms with Crippen LogP contribution >= 0.6 is 0 Å². The number of aromatic nitrogens is 4. The monoisotopic (exact) mass is 780 g/mol. The Labute approximate surface area is 348 Å². The Bertz CT molecular complexity index is 3840. The molecule has 0 aliphatic rings. The minimum Gasteiger partial charge on any atom is -0.456 e. The summed E-state index contributed by atoms with van der Waals surface area (Å²) in [4.78, 5) is 15.4. The van der Waals surface area contributed by atoms with E-state index in [0.717, 1.165) is 99.2 Å². The second-order valence-corrected chi connectivity index (χ2v) is 15.5. The van der Waals surface area contributed by atoms with Gasteiger partial charge in [-0.2, -0.15) is 0 Å². The van der Waals surface area contributed by atoms with Crippen LogP contribution < -0.4 is 0 Å². The number of hydrogen-bond donors (Lipinski definition) is 0. The summed E-state index contributed by atoms with van der Waals surface area (Å²) in [6, 6.07) is 67.3. The molecule has 13 rings (SSSR count). The molecule has 4 heterocycles. The molecule has 0 saturated carbocycles. The second-order valence-electron chi connectivity index (χ2n) is 15.5. The third kappa shape index (κ3) is 5.19.